The van der Waals surface area contributed by atoms with Gasteiger partial charge in [0.25, 0.3) is 5.91 Å². The zero-order chi connectivity index (χ0) is 18.7. The van der Waals surface area contributed by atoms with Crippen LogP contribution in [0.3, 0.4) is 0 Å². The molecular formula is C18H13ClF2N4O. The van der Waals surface area contributed by atoms with Crippen molar-refractivity contribution in [2.75, 3.05) is 10.6 Å². The molecule has 0 aliphatic rings. The highest BCUT2D eigenvalue weighted by atomic mass is 35.5. The Hall–Kier alpha value is -3.06. The molecule has 3 rings (SSSR count). The fourth-order valence-corrected chi connectivity index (χ4v) is 2.32. The fraction of sp³-hybridized carbons (Fsp3) is 0.0556. The van der Waals surface area contributed by atoms with E-state index >= 15 is 0 Å². The van der Waals surface area contributed by atoms with Crippen molar-refractivity contribution in [3.05, 3.63) is 76.7 Å². The fourth-order valence-electron chi connectivity index (χ4n) is 2.14. The first kappa shape index (κ1) is 17.8. The predicted octanol–water partition coefficient (Wildman–Crippen LogP) is 4.71. The van der Waals surface area contributed by atoms with Crippen LogP contribution in [0.15, 0.2) is 48.8 Å². The molecule has 2 aromatic carbocycles. The Kier molecular flexibility index (Phi) is 5.09. The minimum absolute atomic E-state index is 0.0294. The Morgan fingerprint density at radius 2 is 1.88 bits per heavy atom. The van der Waals surface area contributed by atoms with E-state index in [0.717, 1.165) is 17.7 Å². The monoisotopic (exact) mass is 374 g/mol. The zero-order valence-corrected chi connectivity index (χ0v) is 14.3. The summed E-state index contributed by atoms with van der Waals surface area (Å²) in [5.41, 5.74) is 1.51. The van der Waals surface area contributed by atoms with E-state index in [1.807, 2.05) is 6.92 Å². The molecule has 132 valence electrons. The second kappa shape index (κ2) is 7.45. The maximum Gasteiger partial charge on any atom is 0.274 e. The number of amides is 1. The number of benzene rings is 2. The number of carbonyl (C=O) groups is 1. The Morgan fingerprint density at radius 1 is 1.08 bits per heavy atom. The van der Waals surface area contributed by atoms with Crippen LogP contribution in [0.25, 0.3) is 0 Å². The van der Waals surface area contributed by atoms with Crippen molar-refractivity contribution >= 4 is 34.7 Å². The van der Waals surface area contributed by atoms with Gasteiger partial charge in [-0.2, -0.15) is 0 Å². The molecule has 5 nitrogen and oxygen atoms in total. The lowest BCUT2D eigenvalue weighted by molar-refractivity contribution is 0.102. The maximum absolute atomic E-state index is 13.7. The number of aryl methyl sites for hydroxylation is 1. The highest BCUT2D eigenvalue weighted by molar-refractivity contribution is 6.31. The van der Waals surface area contributed by atoms with E-state index < -0.39 is 17.5 Å². The second-order valence-electron chi connectivity index (χ2n) is 5.46. The highest BCUT2D eigenvalue weighted by Gasteiger charge is 2.11. The molecule has 0 spiro atoms. The lowest BCUT2D eigenvalue weighted by Crippen LogP contribution is -2.14. The van der Waals surface area contributed by atoms with E-state index in [0.29, 0.717) is 10.7 Å². The first-order valence-electron chi connectivity index (χ1n) is 7.54. The smallest absolute Gasteiger partial charge is 0.274 e. The molecule has 0 saturated heterocycles. The summed E-state index contributed by atoms with van der Waals surface area (Å²) in [6.45, 7) is 1.85. The Labute approximate surface area is 153 Å². The molecule has 26 heavy (non-hydrogen) atoms. The third-order valence-corrected chi connectivity index (χ3v) is 3.93. The first-order valence-corrected chi connectivity index (χ1v) is 7.92. The van der Waals surface area contributed by atoms with Crippen LogP contribution in [0.1, 0.15) is 16.1 Å². The molecule has 0 radical (unpaired) electrons. The summed E-state index contributed by atoms with van der Waals surface area (Å²) < 4.78 is 26.7. The van der Waals surface area contributed by atoms with E-state index in [1.165, 1.54) is 18.5 Å². The molecule has 2 N–H and O–H groups in total. The number of carbonyl (C=O) groups excluding carboxylic acids is 1. The van der Waals surface area contributed by atoms with E-state index in [2.05, 4.69) is 20.6 Å². The predicted molar refractivity (Wildman–Crippen MR) is 95.8 cm³/mol. The summed E-state index contributed by atoms with van der Waals surface area (Å²) in [6, 6.07) is 9.58. The van der Waals surface area contributed by atoms with Crippen molar-refractivity contribution in [3.8, 4) is 0 Å². The summed E-state index contributed by atoms with van der Waals surface area (Å²) in [6.07, 6.45) is 1.17. The van der Waals surface area contributed by atoms with Gasteiger partial charge in [0, 0.05) is 22.8 Å². The number of aromatic nitrogens is 2. The average Bonchev–Trinajstić information content (AvgIpc) is 2.61. The van der Waals surface area contributed by atoms with Gasteiger partial charge in [0.05, 0.1) is 5.69 Å². The van der Waals surface area contributed by atoms with E-state index in [9.17, 15) is 13.6 Å². The van der Waals surface area contributed by atoms with Gasteiger partial charge >= 0.3 is 0 Å². The standard InChI is InChI=1S/C18H13ClF2N4O/c1-10-2-4-12(7-13(10)19)24-18(26)16-8-17(23-9-22-16)25-15-5-3-11(20)6-14(15)21/h2-9H,1H3,(H,24,26)(H,22,23,25). The van der Waals surface area contributed by atoms with Crippen molar-refractivity contribution in [1.82, 2.24) is 9.97 Å². The summed E-state index contributed by atoms with van der Waals surface area (Å²) in [5.74, 6) is -1.75. The maximum atomic E-state index is 13.7. The van der Waals surface area contributed by atoms with E-state index in [-0.39, 0.29) is 17.2 Å². The molecule has 0 unspecified atom stereocenters. The van der Waals surface area contributed by atoms with Crippen LogP contribution in [0.2, 0.25) is 5.02 Å². The van der Waals surface area contributed by atoms with Gasteiger partial charge in [0.15, 0.2) is 0 Å². The minimum atomic E-state index is -0.774. The minimum Gasteiger partial charge on any atom is -0.338 e. The third kappa shape index (κ3) is 4.12. The first-order chi connectivity index (χ1) is 12.4. The number of halogens is 3. The van der Waals surface area contributed by atoms with Crippen LogP contribution in [-0.2, 0) is 0 Å². The van der Waals surface area contributed by atoms with Crippen molar-refractivity contribution in [3.63, 3.8) is 0 Å². The number of hydrogen-bond donors (Lipinski definition) is 2. The molecule has 1 aromatic heterocycles. The molecule has 1 amide bonds. The summed E-state index contributed by atoms with van der Waals surface area (Å²) >= 11 is 6.04. The molecule has 0 bridgehead atoms. The number of nitrogens with one attached hydrogen (secondary N) is 2. The van der Waals surface area contributed by atoms with E-state index in [1.54, 1.807) is 18.2 Å². The number of rotatable bonds is 4. The lowest BCUT2D eigenvalue weighted by atomic mass is 10.2. The van der Waals surface area contributed by atoms with Crippen LogP contribution in [0.5, 0.6) is 0 Å². The Balaban J connectivity index is 1.77. The molecule has 0 aliphatic heterocycles. The van der Waals surface area contributed by atoms with Crippen molar-refractivity contribution in [1.29, 1.82) is 0 Å². The van der Waals surface area contributed by atoms with Crippen LogP contribution in [0, 0.1) is 18.6 Å². The van der Waals surface area contributed by atoms with Crippen molar-refractivity contribution in [2.24, 2.45) is 0 Å². The Bertz CT molecular complexity index is 981. The van der Waals surface area contributed by atoms with Crippen molar-refractivity contribution in [2.45, 2.75) is 6.92 Å². The third-order valence-electron chi connectivity index (χ3n) is 3.52. The lowest BCUT2D eigenvalue weighted by Gasteiger charge is -2.09. The number of hydrogen-bond acceptors (Lipinski definition) is 4. The molecular weight excluding hydrogens is 362 g/mol. The second-order valence-corrected chi connectivity index (χ2v) is 5.86. The van der Waals surface area contributed by atoms with Gasteiger partial charge < -0.3 is 10.6 Å². The van der Waals surface area contributed by atoms with Gasteiger partial charge in [-0.15, -0.1) is 0 Å². The molecule has 3 aromatic rings. The van der Waals surface area contributed by atoms with Gasteiger partial charge in [-0.05, 0) is 36.8 Å². The largest absolute Gasteiger partial charge is 0.338 e. The molecule has 8 heteroatoms. The van der Waals surface area contributed by atoms with Crippen LogP contribution in [-0.4, -0.2) is 15.9 Å². The van der Waals surface area contributed by atoms with E-state index in [4.69, 9.17) is 11.6 Å². The molecule has 0 fully saturated rings. The zero-order valence-electron chi connectivity index (χ0n) is 13.6. The quantitative estimate of drug-likeness (QED) is 0.694. The van der Waals surface area contributed by atoms with Crippen LogP contribution < -0.4 is 10.6 Å². The summed E-state index contributed by atoms with van der Waals surface area (Å²) in [7, 11) is 0. The molecule has 0 atom stereocenters. The highest BCUT2D eigenvalue weighted by Crippen LogP contribution is 2.22. The molecule has 1 heterocycles. The molecule has 0 saturated carbocycles. The van der Waals surface area contributed by atoms with Crippen LogP contribution >= 0.6 is 11.6 Å². The van der Waals surface area contributed by atoms with Gasteiger partial charge in [-0.3, -0.25) is 4.79 Å². The Morgan fingerprint density at radius 3 is 2.62 bits per heavy atom. The SMILES string of the molecule is Cc1ccc(NC(=O)c2cc(Nc3ccc(F)cc3F)ncn2)cc1Cl. The summed E-state index contributed by atoms with van der Waals surface area (Å²) in [4.78, 5) is 20.2. The number of anilines is 3. The van der Waals surface area contributed by atoms with Gasteiger partial charge in [0.1, 0.15) is 29.5 Å². The van der Waals surface area contributed by atoms with Gasteiger partial charge in [-0.1, -0.05) is 17.7 Å². The van der Waals surface area contributed by atoms with Gasteiger partial charge in [-0.25, -0.2) is 18.7 Å². The van der Waals surface area contributed by atoms with Crippen molar-refractivity contribution < 1.29 is 13.6 Å². The summed E-state index contributed by atoms with van der Waals surface area (Å²) in [5, 5.41) is 5.88. The van der Waals surface area contributed by atoms with Crippen LogP contribution in [0.4, 0.5) is 26.0 Å². The topological polar surface area (TPSA) is 66.9 Å². The number of nitrogens with zero attached hydrogens (tertiary/aromatic N) is 2. The molecule has 0 aliphatic carbocycles. The normalized spacial score (nSPS) is 10.5. The van der Waals surface area contributed by atoms with Gasteiger partial charge in [0.2, 0.25) is 0 Å². The average molecular weight is 375 g/mol.